The van der Waals surface area contributed by atoms with Crippen LogP contribution in [0, 0.1) is 0 Å². The predicted octanol–water partition coefficient (Wildman–Crippen LogP) is 1.82. The first-order valence-corrected chi connectivity index (χ1v) is 7.56. The summed E-state index contributed by atoms with van der Waals surface area (Å²) in [7, 11) is 0. The first kappa shape index (κ1) is 15.1. The molecule has 0 aliphatic heterocycles. The molecule has 0 aromatic heterocycles. The Labute approximate surface area is 112 Å². The maximum atomic E-state index is 11.6. The molecule has 1 saturated carbocycles. The van der Waals surface area contributed by atoms with Crippen molar-refractivity contribution in [2.75, 3.05) is 12.3 Å². The summed E-state index contributed by atoms with van der Waals surface area (Å²) in [6.45, 7) is 2.54. The minimum Gasteiger partial charge on any atom is -0.481 e. The van der Waals surface area contributed by atoms with E-state index in [1.807, 2.05) is 11.8 Å². The minimum absolute atomic E-state index is 0.0953. The van der Waals surface area contributed by atoms with E-state index in [2.05, 4.69) is 17.6 Å². The van der Waals surface area contributed by atoms with Crippen LogP contribution in [0.1, 0.15) is 39.0 Å². The number of hydrogen-bond donors (Lipinski definition) is 3. The van der Waals surface area contributed by atoms with E-state index >= 15 is 0 Å². The molecular weight excluding hydrogens is 252 g/mol. The smallest absolute Gasteiger partial charge is 0.315 e. The number of carboxylic acids is 1. The summed E-state index contributed by atoms with van der Waals surface area (Å²) < 4.78 is 0. The molecular formula is C12H22N2O3S. The number of carbonyl (C=O) groups excluding carboxylic acids is 1. The van der Waals surface area contributed by atoms with Crippen molar-refractivity contribution in [3.63, 3.8) is 0 Å². The Kier molecular flexibility index (Phi) is 6.93. The third-order valence-electron chi connectivity index (χ3n) is 3.00. The van der Waals surface area contributed by atoms with Crippen molar-refractivity contribution < 1.29 is 14.7 Å². The Hall–Kier alpha value is -0.910. The Bertz CT molecular complexity index is 286. The van der Waals surface area contributed by atoms with Crippen LogP contribution in [-0.4, -0.2) is 40.7 Å². The number of aliphatic carboxylic acids is 1. The highest BCUT2D eigenvalue weighted by Crippen LogP contribution is 2.29. The van der Waals surface area contributed by atoms with Crippen molar-refractivity contribution in [3.05, 3.63) is 0 Å². The van der Waals surface area contributed by atoms with Gasteiger partial charge in [0.25, 0.3) is 0 Å². The van der Waals surface area contributed by atoms with Gasteiger partial charge in [0.05, 0.1) is 0 Å². The Morgan fingerprint density at radius 2 is 2.17 bits per heavy atom. The van der Waals surface area contributed by atoms with Crippen molar-refractivity contribution in [1.29, 1.82) is 0 Å². The van der Waals surface area contributed by atoms with Crippen molar-refractivity contribution in [1.82, 2.24) is 10.6 Å². The molecule has 2 atom stereocenters. The van der Waals surface area contributed by atoms with E-state index in [0.29, 0.717) is 18.2 Å². The average molecular weight is 274 g/mol. The fraction of sp³-hybridized carbons (Fsp3) is 0.833. The lowest BCUT2D eigenvalue weighted by atomic mass is 10.2. The van der Waals surface area contributed by atoms with Gasteiger partial charge in [-0.3, -0.25) is 4.79 Å². The van der Waals surface area contributed by atoms with E-state index < -0.39 is 5.97 Å². The number of nitrogens with one attached hydrogen (secondary N) is 2. The molecule has 2 amide bonds. The summed E-state index contributed by atoms with van der Waals surface area (Å²) in [4.78, 5) is 21.9. The lowest BCUT2D eigenvalue weighted by Crippen LogP contribution is -2.44. The quantitative estimate of drug-likeness (QED) is 0.619. The molecule has 104 valence electrons. The number of hydrogen-bond acceptors (Lipinski definition) is 3. The lowest BCUT2D eigenvalue weighted by Gasteiger charge is -2.20. The summed E-state index contributed by atoms with van der Waals surface area (Å²) >= 11 is 1.90. The highest BCUT2D eigenvalue weighted by atomic mass is 32.2. The molecule has 1 fully saturated rings. The molecule has 3 N–H and O–H groups in total. The number of carboxylic acid groups (broad SMARTS) is 1. The van der Waals surface area contributed by atoms with Gasteiger partial charge in [-0.05, 0) is 25.0 Å². The highest BCUT2D eigenvalue weighted by molar-refractivity contribution is 7.99. The molecule has 0 radical (unpaired) electrons. The van der Waals surface area contributed by atoms with Gasteiger partial charge in [-0.25, -0.2) is 4.79 Å². The average Bonchev–Trinajstić information content (AvgIpc) is 2.72. The summed E-state index contributed by atoms with van der Waals surface area (Å²) in [5, 5.41) is 14.7. The number of rotatable bonds is 7. The zero-order chi connectivity index (χ0) is 13.4. The molecule has 0 saturated heterocycles. The zero-order valence-corrected chi connectivity index (χ0v) is 11.6. The van der Waals surface area contributed by atoms with Crippen LogP contribution in [0.25, 0.3) is 0 Å². The number of amides is 2. The van der Waals surface area contributed by atoms with E-state index in [-0.39, 0.29) is 18.5 Å². The van der Waals surface area contributed by atoms with Crippen LogP contribution in [-0.2, 0) is 4.79 Å². The molecule has 1 aliphatic rings. The topological polar surface area (TPSA) is 78.4 Å². The molecule has 0 heterocycles. The molecule has 0 spiro atoms. The maximum Gasteiger partial charge on any atom is 0.315 e. The van der Waals surface area contributed by atoms with Crippen LogP contribution < -0.4 is 10.6 Å². The predicted molar refractivity (Wildman–Crippen MR) is 73.0 cm³/mol. The lowest BCUT2D eigenvalue weighted by molar-refractivity contribution is -0.137. The Balaban J connectivity index is 2.16. The molecule has 6 heteroatoms. The van der Waals surface area contributed by atoms with Crippen LogP contribution in [0.5, 0.6) is 0 Å². The van der Waals surface area contributed by atoms with Gasteiger partial charge < -0.3 is 15.7 Å². The standard InChI is InChI=1S/C12H22N2O3S/c1-2-18-10-6-3-5-9(10)14-12(17)13-8-4-7-11(15)16/h9-10H,2-8H2,1H3,(H,15,16)(H2,13,14,17). The van der Waals surface area contributed by atoms with E-state index in [0.717, 1.165) is 12.2 Å². The van der Waals surface area contributed by atoms with Gasteiger partial charge in [-0.15, -0.1) is 0 Å². The Morgan fingerprint density at radius 1 is 1.39 bits per heavy atom. The van der Waals surface area contributed by atoms with E-state index in [4.69, 9.17) is 5.11 Å². The van der Waals surface area contributed by atoms with Crippen LogP contribution in [0.2, 0.25) is 0 Å². The molecule has 1 rings (SSSR count). The van der Waals surface area contributed by atoms with Crippen LogP contribution >= 0.6 is 11.8 Å². The second kappa shape index (κ2) is 8.24. The number of thioether (sulfide) groups is 1. The van der Waals surface area contributed by atoms with E-state index in [1.165, 1.54) is 12.8 Å². The zero-order valence-electron chi connectivity index (χ0n) is 10.8. The monoisotopic (exact) mass is 274 g/mol. The fourth-order valence-electron chi connectivity index (χ4n) is 2.17. The Morgan fingerprint density at radius 3 is 2.83 bits per heavy atom. The second-order valence-electron chi connectivity index (χ2n) is 4.43. The van der Waals surface area contributed by atoms with Gasteiger partial charge in [0.1, 0.15) is 0 Å². The molecule has 0 bridgehead atoms. The maximum absolute atomic E-state index is 11.6. The van der Waals surface area contributed by atoms with Crippen LogP contribution in [0.15, 0.2) is 0 Å². The normalized spacial score (nSPS) is 22.7. The summed E-state index contributed by atoms with van der Waals surface area (Å²) in [6, 6.07) is 0.0865. The number of urea groups is 1. The van der Waals surface area contributed by atoms with Crippen molar-refractivity contribution in [3.8, 4) is 0 Å². The molecule has 1 aliphatic carbocycles. The fourth-order valence-corrected chi connectivity index (χ4v) is 3.36. The second-order valence-corrected chi connectivity index (χ2v) is 5.94. The van der Waals surface area contributed by atoms with Gasteiger partial charge in [0, 0.05) is 24.3 Å². The molecule has 0 aromatic rings. The highest BCUT2D eigenvalue weighted by Gasteiger charge is 2.28. The van der Waals surface area contributed by atoms with Crippen molar-refractivity contribution in [2.24, 2.45) is 0 Å². The first-order valence-electron chi connectivity index (χ1n) is 6.51. The van der Waals surface area contributed by atoms with Gasteiger partial charge in [-0.1, -0.05) is 13.3 Å². The summed E-state index contributed by atoms with van der Waals surface area (Å²) in [5.74, 6) is 0.246. The van der Waals surface area contributed by atoms with Gasteiger partial charge >= 0.3 is 12.0 Å². The van der Waals surface area contributed by atoms with Crippen molar-refractivity contribution in [2.45, 2.75) is 50.3 Å². The largest absolute Gasteiger partial charge is 0.481 e. The third-order valence-corrected chi connectivity index (χ3v) is 4.33. The SMILES string of the molecule is CCSC1CCCC1NC(=O)NCCCC(=O)O. The molecule has 5 nitrogen and oxygen atoms in total. The van der Waals surface area contributed by atoms with Crippen LogP contribution in [0.3, 0.4) is 0 Å². The molecule has 2 unspecified atom stereocenters. The van der Waals surface area contributed by atoms with E-state index in [9.17, 15) is 9.59 Å². The molecule has 0 aromatic carbocycles. The van der Waals surface area contributed by atoms with Crippen molar-refractivity contribution >= 4 is 23.8 Å². The minimum atomic E-state index is -0.826. The van der Waals surface area contributed by atoms with Gasteiger partial charge in [0.2, 0.25) is 0 Å². The summed E-state index contributed by atoms with van der Waals surface area (Å²) in [5.41, 5.74) is 0. The molecule has 18 heavy (non-hydrogen) atoms. The third kappa shape index (κ3) is 5.62. The summed E-state index contributed by atoms with van der Waals surface area (Å²) in [6.07, 6.45) is 3.95. The van der Waals surface area contributed by atoms with Gasteiger partial charge in [-0.2, -0.15) is 11.8 Å². The van der Waals surface area contributed by atoms with E-state index in [1.54, 1.807) is 0 Å². The van der Waals surface area contributed by atoms with Crippen LogP contribution in [0.4, 0.5) is 4.79 Å². The van der Waals surface area contributed by atoms with Gasteiger partial charge in [0.15, 0.2) is 0 Å². The number of carbonyl (C=O) groups is 2. The first-order chi connectivity index (χ1) is 8.63.